The molecule has 0 spiro atoms. The number of benzene rings is 1. The molecule has 1 heterocycles. The van der Waals surface area contributed by atoms with Gasteiger partial charge in [-0.25, -0.2) is 0 Å². The van der Waals surface area contributed by atoms with E-state index in [1.165, 1.54) is 0 Å². The lowest BCUT2D eigenvalue weighted by Crippen LogP contribution is -2.02. The van der Waals surface area contributed by atoms with Gasteiger partial charge in [0, 0.05) is 12.1 Å². The van der Waals surface area contributed by atoms with Crippen LogP contribution >= 0.6 is 0 Å². The molecule has 0 aliphatic carbocycles. The van der Waals surface area contributed by atoms with Crippen molar-refractivity contribution in [2.75, 3.05) is 11.5 Å². The monoisotopic (exact) mass is 216 g/mol. The van der Waals surface area contributed by atoms with Crippen molar-refractivity contribution in [2.24, 2.45) is 0 Å². The third kappa shape index (κ3) is 1.74. The zero-order valence-corrected chi connectivity index (χ0v) is 9.35. The first-order valence-corrected chi connectivity index (χ1v) is 5.41. The molecule has 4 heteroatoms. The topological polar surface area (TPSA) is 69.9 Å². The van der Waals surface area contributed by atoms with Crippen molar-refractivity contribution in [3.63, 3.8) is 0 Å². The summed E-state index contributed by atoms with van der Waals surface area (Å²) >= 11 is 0. The van der Waals surface area contributed by atoms with Crippen LogP contribution in [-0.2, 0) is 6.54 Å². The van der Waals surface area contributed by atoms with Gasteiger partial charge in [-0.2, -0.15) is 5.10 Å². The van der Waals surface area contributed by atoms with Gasteiger partial charge in [-0.05, 0) is 6.42 Å². The lowest BCUT2D eigenvalue weighted by molar-refractivity contribution is 0.611. The Hall–Kier alpha value is -1.97. The SMILES string of the molecule is CCCn1nc(N)c(N)c1-c1ccccc1. The quantitative estimate of drug-likeness (QED) is 0.825. The van der Waals surface area contributed by atoms with Crippen LogP contribution in [0.15, 0.2) is 30.3 Å². The molecule has 4 N–H and O–H groups in total. The maximum Gasteiger partial charge on any atom is 0.169 e. The Morgan fingerprint density at radius 1 is 1.19 bits per heavy atom. The van der Waals surface area contributed by atoms with E-state index in [4.69, 9.17) is 11.5 Å². The Kier molecular flexibility index (Phi) is 2.81. The molecule has 1 aromatic carbocycles. The fourth-order valence-corrected chi connectivity index (χ4v) is 1.77. The molecule has 84 valence electrons. The van der Waals surface area contributed by atoms with Gasteiger partial charge < -0.3 is 11.5 Å². The highest BCUT2D eigenvalue weighted by molar-refractivity contribution is 5.80. The lowest BCUT2D eigenvalue weighted by Gasteiger charge is -2.06. The molecule has 4 nitrogen and oxygen atoms in total. The van der Waals surface area contributed by atoms with Crippen LogP contribution in [0.25, 0.3) is 11.3 Å². The molecule has 0 bridgehead atoms. The highest BCUT2D eigenvalue weighted by atomic mass is 15.3. The first-order valence-electron chi connectivity index (χ1n) is 5.41. The van der Waals surface area contributed by atoms with Gasteiger partial charge in [-0.3, -0.25) is 4.68 Å². The Labute approximate surface area is 94.9 Å². The smallest absolute Gasteiger partial charge is 0.169 e. The zero-order valence-electron chi connectivity index (χ0n) is 9.35. The Morgan fingerprint density at radius 3 is 2.50 bits per heavy atom. The molecular formula is C12H16N4. The molecule has 0 aliphatic rings. The summed E-state index contributed by atoms with van der Waals surface area (Å²) in [5.74, 6) is 0.410. The van der Waals surface area contributed by atoms with Gasteiger partial charge in [-0.15, -0.1) is 0 Å². The molecule has 2 rings (SSSR count). The van der Waals surface area contributed by atoms with Crippen molar-refractivity contribution >= 4 is 11.5 Å². The number of rotatable bonds is 3. The maximum atomic E-state index is 5.96. The van der Waals surface area contributed by atoms with Crippen molar-refractivity contribution < 1.29 is 0 Å². The van der Waals surface area contributed by atoms with Gasteiger partial charge in [0.15, 0.2) is 5.82 Å². The van der Waals surface area contributed by atoms with Crippen LogP contribution in [0, 0.1) is 0 Å². The molecule has 0 aliphatic heterocycles. The largest absolute Gasteiger partial charge is 0.394 e. The van der Waals surface area contributed by atoms with E-state index in [0.717, 1.165) is 24.2 Å². The molecule has 16 heavy (non-hydrogen) atoms. The van der Waals surface area contributed by atoms with Gasteiger partial charge in [0.05, 0.1) is 5.69 Å². The van der Waals surface area contributed by atoms with Crippen molar-refractivity contribution in [2.45, 2.75) is 19.9 Å². The number of hydrogen-bond acceptors (Lipinski definition) is 3. The normalized spacial score (nSPS) is 10.6. The van der Waals surface area contributed by atoms with Crippen LogP contribution in [0.1, 0.15) is 13.3 Å². The Bertz CT molecular complexity index is 473. The molecule has 1 aromatic heterocycles. The van der Waals surface area contributed by atoms with E-state index in [-0.39, 0.29) is 0 Å². The zero-order chi connectivity index (χ0) is 11.5. The fraction of sp³-hybridized carbons (Fsp3) is 0.250. The summed E-state index contributed by atoms with van der Waals surface area (Å²) in [6.45, 7) is 2.93. The first-order chi connectivity index (χ1) is 7.74. The van der Waals surface area contributed by atoms with Gasteiger partial charge in [0.25, 0.3) is 0 Å². The summed E-state index contributed by atoms with van der Waals surface area (Å²) in [4.78, 5) is 0. The second-order valence-corrected chi connectivity index (χ2v) is 3.74. The molecule has 0 unspecified atom stereocenters. The highest BCUT2D eigenvalue weighted by Gasteiger charge is 2.13. The number of nitrogens with two attached hydrogens (primary N) is 2. The number of nitrogens with zero attached hydrogens (tertiary/aromatic N) is 2. The predicted octanol–water partition coefficient (Wildman–Crippen LogP) is 2.12. The van der Waals surface area contributed by atoms with E-state index in [9.17, 15) is 0 Å². The minimum absolute atomic E-state index is 0.410. The second kappa shape index (κ2) is 4.26. The molecule has 0 fully saturated rings. The van der Waals surface area contributed by atoms with Gasteiger partial charge >= 0.3 is 0 Å². The van der Waals surface area contributed by atoms with Crippen molar-refractivity contribution in [3.8, 4) is 11.3 Å². The highest BCUT2D eigenvalue weighted by Crippen LogP contribution is 2.30. The Balaban J connectivity index is 2.54. The molecule has 2 aromatic rings. The van der Waals surface area contributed by atoms with Crippen LogP contribution in [0.2, 0.25) is 0 Å². The molecular weight excluding hydrogens is 200 g/mol. The lowest BCUT2D eigenvalue weighted by atomic mass is 10.1. The van der Waals surface area contributed by atoms with E-state index < -0.39 is 0 Å². The van der Waals surface area contributed by atoms with Gasteiger partial charge in [0.2, 0.25) is 0 Å². The molecule has 0 saturated heterocycles. The number of hydrogen-bond donors (Lipinski definition) is 2. The molecule has 0 amide bonds. The van der Waals surface area contributed by atoms with E-state index >= 15 is 0 Å². The predicted molar refractivity (Wildman–Crippen MR) is 66.8 cm³/mol. The van der Waals surface area contributed by atoms with Crippen LogP contribution in [0.3, 0.4) is 0 Å². The number of anilines is 2. The minimum Gasteiger partial charge on any atom is -0.394 e. The summed E-state index contributed by atoms with van der Waals surface area (Å²) in [6.07, 6.45) is 1.00. The summed E-state index contributed by atoms with van der Waals surface area (Å²) in [5, 5.41) is 4.25. The van der Waals surface area contributed by atoms with E-state index in [2.05, 4.69) is 12.0 Å². The number of aromatic nitrogens is 2. The molecule has 0 saturated carbocycles. The standard InChI is InChI=1S/C12H16N4/c1-2-8-16-11(10(13)12(14)15-16)9-6-4-3-5-7-9/h3-7H,2,8,13H2,1H3,(H2,14,15). The third-order valence-electron chi connectivity index (χ3n) is 2.50. The van der Waals surface area contributed by atoms with E-state index in [0.29, 0.717) is 11.5 Å². The van der Waals surface area contributed by atoms with Crippen LogP contribution in [0.5, 0.6) is 0 Å². The fourth-order valence-electron chi connectivity index (χ4n) is 1.77. The van der Waals surface area contributed by atoms with E-state index in [1.54, 1.807) is 0 Å². The Morgan fingerprint density at radius 2 is 1.88 bits per heavy atom. The van der Waals surface area contributed by atoms with Crippen LogP contribution in [0.4, 0.5) is 11.5 Å². The van der Waals surface area contributed by atoms with E-state index in [1.807, 2.05) is 35.0 Å². The summed E-state index contributed by atoms with van der Waals surface area (Å²) in [5.41, 5.74) is 14.2. The maximum absolute atomic E-state index is 5.96. The number of nitrogen functional groups attached to an aromatic ring is 2. The van der Waals surface area contributed by atoms with Crippen molar-refractivity contribution in [1.29, 1.82) is 0 Å². The second-order valence-electron chi connectivity index (χ2n) is 3.74. The van der Waals surface area contributed by atoms with Gasteiger partial charge in [-0.1, -0.05) is 37.3 Å². The average molecular weight is 216 g/mol. The summed E-state index contributed by atoms with van der Waals surface area (Å²) in [6, 6.07) is 9.96. The summed E-state index contributed by atoms with van der Waals surface area (Å²) < 4.78 is 1.88. The van der Waals surface area contributed by atoms with Crippen molar-refractivity contribution in [1.82, 2.24) is 9.78 Å². The summed E-state index contributed by atoms with van der Waals surface area (Å²) in [7, 11) is 0. The van der Waals surface area contributed by atoms with Gasteiger partial charge in [0.1, 0.15) is 5.69 Å². The first kappa shape index (κ1) is 10.5. The minimum atomic E-state index is 0.410. The molecule has 0 radical (unpaired) electrons. The third-order valence-corrected chi connectivity index (χ3v) is 2.50. The average Bonchev–Trinajstić information content (AvgIpc) is 2.57. The van der Waals surface area contributed by atoms with Crippen LogP contribution < -0.4 is 11.5 Å². The molecule has 0 atom stereocenters. The van der Waals surface area contributed by atoms with Crippen LogP contribution in [-0.4, -0.2) is 9.78 Å². The van der Waals surface area contributed by atoms with Crippen molar-refractivity contribution in [3.05, 3.63) is 30.3 Å². The number of aryl methyl sites for hydroxylation is 1.